The number of nitrogens with zero attached hydrogens (tertiary/aromatic N) is 2. The molecule has 0 amide bonds. The third-order valence-corrected chi connectivity index (χ3v) is 10.6. The van der Waals surface area contributed by atoms with Crippen molar-refractivity contribution < 1.29 is 0 Å². The molecule has 64 heavy (non-hydrogen) atoms. The standard InChI is InChI=1S/C48H42N16/c49-45(50)57-29-9-1-25(2-10-29)41-33-17-19-35(61-33)42(26-3-11-30(12-4-26)58-46(51)52)37-21-23-39(63-37)44(28-7-15-32(16-8-28)60-48(55)56)40-24-22-38(64-40)43(36-20-18-34(41)62-36)27-5-13-31(14-6-27)59-47(53)54/h1-24,61,64H,(H4,49,50,57)(H4,51,52,58)(H4,53,54,59)(H4,55,56,60). The van der Waals surface area contributed by atoms with Crippen molar-refractivity contribution in [3.8, 4) is 44.5 Å². The molecule has 16 heteroatoms. The molecule has 5 heterocycles. The number of anilines is 4. The van der Waals surface area contributed by atoms with E-state index >= 15 is 0 Å². The Balaban J connectivity index is 1.38. The number of rotatable bonds is 8. The van der Waals surface area contributed by atoms with Crippen molar-refractivity contribution in [2.75, 3.05) is 21.3 Å². The number of nitrogens with two attached hydrogens (primary N) is 4. The molecule has 2 aliphatic rings. The Morgan fingerprint density at radius 1 is 0.328 bits per heavy atom. The average Bonchev–Trinajstić information content (AvgIpc) is 4.11. The highest BCUT2D eigenvalue weighted by Gasteiger charge is 2.19. The molecule has 4 aromatic carbocycles. The third kappa shape index (κ3) is 8.20. The van der Waals surface area contributed by atoms with Crippen LogP contribution in [0, 0.1) is 21.6 Å². The molecular formula is C48H42N16. The number of aromatic nitrogens is 4. The van der Waals surface area contributed by atoms with Crippen LogP contribution in [0.15, 0.2) is 121 Å². The van der Waals surface area contributed by atoms with E-state index in [4.69, 9.17) is 54.5 Å². The maximum Gasteiger partial charge on any atom is 0.190 e. The second-order valence-electron chi connectivity index (χ2n) is 15.0. The summed E-state index contributed by atoms with van der Waals surface area (Å²) >= 11 is 0. The number of guanidine groups is 4. The van der Waals surface area contributed by atoms with Gasteiger partial charge in [0.25, 0.3) is 0 Å². The minimum Gasteiger partial charge on any atom is -0.370 e. The Morgan fingerprint density at radius 3 is 0.719 bits per heavy atom. The Morgan fingerprint density at radius 2 is 0.531 bits per heavy atom. The molecule has 0 fully saturated rings. The summed E-state index contributed by atoms with van der Waals surface area (Å²) in [6.45, 7) is 0. The van der Waals surface area contributed by atoms with Gasteiger partial charge in [-0.2, -0.15) is 0 Å². The fourth-order valence-corrected chi connectivity index (χ4v) is 7.92. The SMILES string of the molecule is N=C(N)Nc1ccc(-c2c3nc(c(-c4ccc(NC(=N)N)cc4)c4ccc([nH]4)c(-c4ccc(NC(=N)N)cc4)c4nc(c(-c5ccc(NC(=N)N)cc5)c5ccc2[nH]5)C=C4)C=C3)cc1. The minimum atomic E-state index is -0.163. The van der Waals surface area contributed by atoms with Crippen LogP contribution in [-0.4, -0.2) is 43.8 Å². The molecule has 0 atom stereocenters. The fraction of sp³-hybridized carbons (Fsp3) is 0. The van der Waals surface area contributed by atoms with Gasteiger partial charge in [0.2, 0.25) is 0 Å². The zero-order chi connectivity index (χ0) is 44.5. The van der Waals surface area contributed by atoms with Crippen molar-refractivity contribution in [3.63, 3.8) is 0 Å². The molecule has 0 spiro atoms. The maximum atomic E-state index is 7.75. The van der Waals surface area contributed by atoms with Gasteiger partial charge in [-0.1, -0.05) is 48.5 Å². The Bertz CT molecular complexity index is 2820. The van der Waals surface area contributed by atoms with Crippen LogP contribution >= 0.6 is 0 Å². The normalized spacial score (nSPS) is 11.5. The van der Waals surface area contributed by atoms with E-state index < -0.39 is 0 Å². The highest BCUT2D eigenvalue weighted by Crippen LogP contribution is 2.39. The average molecular weight is 843 g/mol. The van der Waals surface area contributed by atoms with Crippen molar-refractivity contribution >= 4 is 93.0 Å². The molecule has 18 N–H and O–H groups in total. The van der Waals surface area contributed by atoms with E-state index in [9.17, 15) is 0 Å². The topological polar surface area (TPSA) is 305 Å². The van der Waals surface area contributed by atoms with Crippen molar-refractivity contribution in [2.24, 2.45) is 22.9 Å². The van der Waals surface area contributed by atoms with Gasteiger partial charge < -0.3 is 54.2 Å². The second-order valence-corrected chi connectivity index (χ2v) is 15.0. The predicted octanol–water partition coefficient (Wildman–Crippen LogP) is 8.55. The van der Waals surface area contributed by atoms with Crippen molar-refractivity contribution in [1.82, 2.24) is 19.9 Å². The molecule has 0 aliphatic carbocycles. The fourth-order valence-electron chi connectivity index (χ4n) is 7.92. The van der Waals surface area contributed by atoms with E-state index in [1.165, 1.54) is 0 Å². The highest BCUT2D eigenvalue weighted by molar-refractivity contribution is 6.01. The summed E-state index contributed by atoms with van der Waals surface area (Å²) in [5.41, 5.74) is 38.2. The zero-order valence-electron chi connectivity index (χ0n) is 34.1. The van der Waals surface area contributed by atoms with Gasteiger partial charge in [0.05, 0.1) is 22.8 Å². The summed E-state index contributed by atoms with van der Waals surface area (Å²) < 4.78 is 0. The van der Waals surface area contributed by atoms with E-state index in [1.807, 2.05) is 146 Å². The number of hydrogen-bond donors (Lipinski definition) is 14. The van der Waals surface area contributed by atoms with Gasteiger partial charge in [0, 0.05) is 67.1 Å². The van der Waals surface area contributed by atoms with E-state index in [0.29, 0.717) is 45.5 Å². The molecule has 0 radical (unpaired) electrons. The number of nitrogens with one attached hydrogen (secondary N) is 10. The summed E-state index contributed by atoms with van der Waals surface area (Å²) in [7, 11) is 0. The molecule has 0 saturated heterocycles. The van der Waals surface area contributed by atoms with Crippen LogP contribution in [0.2, 0.25) is 0 Å². The Labute approximate surface area is 366 Å². The molecular weight excluding hydrogens is 801 g/mol. The molecule has 0 saturated carbocycles. The highest BCUT2D eigenvalue weighted by atomic mass is 15.1. The summed E-state index contributed by atoms with van der Waals surface area (Å²) in [6.07, 6.45) is 8.02. The van der Waals surface area contributed by atoms with E-state index in [2.05, 4.69) is 31.2 Å². The molecule has 0 unspecified atom stereocenters. The zero-order valence-corrected chi connectivity index (χ0v) is 34.1. The first kappa shape index (κ1) is 40.0. The molecule has 7 aromatic rings. The minimum absolute atomic E-state index is 0.163. The number of H-pyrrole nitrogens is 2. The van der Waals surface area contributed by atoms with Crippen molar-refractivity contribution in [1.29, 1.82) is 21.6 Å². The lowest BCUT2D eigenvalue weighted by Crippen LogP contribution is -2.20. The van der Waals surface area contributed by atoms with Crippen LogP contribution in [0.5, 0.6) is 0 Å². The quantitative estimate of drug-likeness (QED) is 0.0510. The van der Waals surface area contributed by atoms with E-state index in [-0.39, 0.29) is 23.8 Å². The first-order valence-corrected chi connectivity index (χ1v) is 20.0. The number of aromatic amines is 2. The Hall–Kier alpha value is -9.44. The predicted molar refractivity (Wildman–Crippen MR) is 263 cm³/mol. The van der Waals surface area contributed by atoms with Gasteiger partial charge in [-0.15, -0.1) is 0 Å². The first-order valence-electron chi connectivity index (χ1n) is 20.0. The molecule has 8 bridgehead atoms. The van der Waals surface area contributed by atoms with Crippen molar-refractivity contribution in [3.05, 3.63) is 144 Å². The molecule has 16 nitrogen and oxygen atoms in total. The molecule has 2 aliphatic heterocycles. The van der Waals surface area contributed by atoms with Crippen LogP contribution in [0.25, 0.3) is 90.9 Å². The van der Waals surface area contributed by atoms with E-state index in [0.717, 1.165) is 66.6 Å². The summed E-state index contributed by atoms with van der Waals surface area (Å²) in [4.78, 5) is 18.2. The van der Waals surface area contributed by atoms with Gasteiger partial charge in [-0.3, -0.25) is 21.6 Å². The molecule has 3 aromatic heterocycles. The van der Waals surface area contributed by atoms with Crippen LogP contribution in [0.3, 0.4) is 0 Å². The van der Waals surface area contributed by atoms with Gasteiger partial charge in [0.15, 0.2) is 23.8 Å². The lowest BCUT2D eigenvalue weighted by molar-refractivity contribution is 1.31. The summed E-state index contributed by atoms with van der Waals surface area (Å²) in [6, 6.07) is 38.8. The smallest absolute Gasteiger partial charge is 0.190 e. The third-order valence-electron chi connectivity index (χ3n) is 10.6. The van der Waals surface area contributed by atoms with Crippen LogP contribution in [0.4, 0.5) is 22.7 Å². The number of benzene rings is 4. The van der Waals surface area contributed by atoms with Crippen LogP contribution < -0.4 is 44.2 Å². The van der Waals surface area contributed by atoms with Gasteiger partial charge in [-0.25, -0.2) is 9.97 Å². The summed E-state index contributed by atoms with van der Waals surface area (Å²) in [5.74, 6) is -0.651. The lowest BCUT2D eigenvalue weighted by Gasteiger charge is -2.09. The first-order chi connectivity index (χ1) is 30.9. The van der Waals surface area contributed by atoms with Gasteiger partial charge >= 0.3 is 0 Å². The Kier molecular flexibility index (Phi) is 10.3. The number of fused-ring (bicyclic) bond motifs is 8. The van der Waals surface area contributed by atoms with Gasteiger partial charge in [-0.05, 0) is 119 Å². The van der Waals surface area contributed by atoms with Crippen LogP contribution in [-0.2, 0) is 0 Å². The molecule has 314 valence electrons. The van der Waals surface area contributed by atoms with E-state index in [1.54, 1.807) is 0 Å². The molecule has 9 rings (SSSR count). The number of hydrogen-bond acceptors (Lipinski definition) is 6. The lowest BCUT2D eigenvalue weighted by atomic mass is 10.0. The monoisotopic (exact) mass is 842 g/mol. The largest absolute Gasteiger partial charge is 0.370 e. The van der Waals surface area contributed by atoms with Crippen molar-refractivity contribution in [2.45, 2.75) is 0 Å². The second kappa shape index (κ2) is 16.5. The van der Waals surface area contributed by atoms with Crippen LogP contribution in [0.1, 0.15) is 22.8 Å². The van der Waals surface area contributed by atoms with Gasteiger partial charge in [0.1, 0.15) is 0 Å². The summed E-state index contributed by atoms with van der Waals surface area (Å²) in [5, 5.41) is 42.5. The maximum absolute atomic E-state index is 7.75.